The molecule has 0 saturated carbocycles. The topological polar surface area (TPSA) is 12.9 Å². The Kier molecular flexibility index (Phi) is 3.87. The second-order valence-electron chi connectivity index (χ2n) is 7.91. The summed E-state index contributed by atoms with van der Waals surface area (Å²) in [6.07, 6.45) is 4.23. The first kappa shape index (κ1) is 17.2. The number of aryl methyl sites for hydroxylation is 1. The van der Waals surface area contributed by atoms with Gasteiger partial charge < -0.3 is 0 Å². The summed E-state index contributed by atoms with van der Waals surface area (Å²) >= 11 is 0. The van der Waals surface area contributed by atoms with Crippen molar-refractivity contribution in [1.82, 2.24) is 4.98 Å². The molecule has 4 aromatic rings. The minimum Gasteiger partial charge on any atom is -0.255 e. The van der Waals surface area contributed by atoms with Crippen LogP contribution in [0.2, 0.25) is 0 Å². The number of pyridine rings is 1. The second kappa shape index (κ2) is 6.31. The maximum Gasteiger partial charge on any atom is 0.0737 e. The maximum atomic E-state index is 4.85. The monoisotopic (exact) mass is 363 g/mol. The molecule has 0 N–H and O–H groups in total. The molecule has 0 amide bonds. The molecule has 0 atom stereocenters. The van der Waals surface area contributed by atoms with E-state index in [9.17, 15) is 0 Å². The highest BCUT2D eigenvalue weighted by atomic mass is 14.7. The Bertz CT molecular complexity index is 1200. The molecule has 28 heavy (non-hydrogen) atoms. The fourth-order valence-corrected chi connectivity index (χ4v) is 5.22. The highest BCUT2D eigenvalue weighted by molar-refractivity contribution is 5.90. The third kappa shape index (κ3) is 2.22. The van der Waals surface area contributed by atoms with E-state index in [0.717, 1.165) is 18.5 Å². The van der Waals surface area contributed by atoms with Gasteiger partial charge in [0.15, 0.2) is 0 Å². The first-order valence-corrected chi connectivity index (χ1v) is 10.3. The van der Waals surface area contributed by atoms with Gasteiger partial charge in [-0.15, -0.1) is 0 Å². The van der Waals surface area contributed by atoms with E-state index in [1.54, 1.807) is 0 Å². The van der Waals surface area contributed by atoms with E-state index < -0.39 is 0 Å². The molecule has 1 heteroatoms. The molecule has 0 unspecified atom stereocenters. The van der Waals surface area contributed by atoms with Crippen LogP contribution in [-0.2, 0) is 5.41 Å². The lowest BCUT2D eigenvalue weighted by Crippen LogP contribution is -2.23. The molecule has 1 aliphatic rings. The minimum atomic E-state index is 0.104. The second-order valence-corrected chi connectivity index (χ2v) is 7.91. The molecule has 0 spiro atoms. The Morgan fingerprint density at radius 1 is 0.786 bits per heavy atom. The van der Waals surface area contributed by atoms with Crippen LogP contribution in [0.5, 0.6) is 0 Å². The minimum absolute atomic E-state index is 0.104. The molecule has 138 valence electrons. The molecular formula is C27H25N. The van der Waals surface area contributed by atoms with Gasteiger partial charge in [0, 0.05) is 22.6 Å². The van der Waals surface area contributed by atoms with E-state index in [2.05, 4.69) is 87.5 Å². The quantitative estimate of drug-likeness (QED) is 0.372. The number of hydrogen-bond donors (Lipinski definition) is 0. The average molecular weight is 364 g/mol. The lowest BCUT2D eigenvalue weighted by molar-refractivity contribution is 0.490. The van der Waals surface area contributed by atoms with E-state index in [1.807, 2.05) is 6.20 Å². The van der Waals surface area contributed by atoms with Crippen molar-refractivity contribution in [2.75, 3.05) is 0 Å². The van der Waals surface area contributed by atoms with Crippen molar-refractivity contribution in [3.05, 3.63) is 89.6 Å². The summed E-state index contributed by atoms with van der Waals surface area (Å²) in [5.74, 6) is 0. The standard InChI is InChI=1S/C27H25N/c1-4-27(5-2)24-13-9-8-12-22(24)23-15-14-19(16-25(23)27)26-18(3)21-11-7-6-10-20(21)17-28-26/h6-17H,4-5H2,1-3H3. The molecule has 0 aliphatic heterocycles. The SMILES string of the molecule is CCC1(CC)c2ccccc2-c2ccc(-c3ncc4ccccc4c3C)cc21. The number of fused-ring (bicyclic) bond motifs is 4. The van der Waals surface area contributed by atoms with Crippen LogP contribution < -0.4 is 0 Å². The van der Waals surface area contributed by atoms with Gasteiger partial charge in [0.05, 0.1) is 5.69 Å². The smallest absolute Gasteiger partial charge is 0.0737 e. The molecule has 3 aromatic carbocycles. The van der Waals surface area contributed by atoms with Crippen molar-refractivity contribution in [3.63, 3.8) is 0 Å². The summed E-state index contributed by atoms with van der Waals surface area (Å²) in [4.78, 5) is 4.85. The van der Waals surface area contributed by atoms with Gasteiger partial charge in [0.1, 0.15) is 0 Å². The maximum absolute atomic E-state index is 4.85. The number of benzene rings is 3. The molecule has 1 aromatic heterocycles. The van der Waals surface area contributed by atoms with Gasteiger partial charge in [-0.2, -0.15) is 0 Å². The Morgan fingerprint density at radius 3 is 2.32 bits per heavy atom. The van der Waals surface area contributed by atoms with E-state index in [0.29, 0.717) is 0 Å². The zero-order chi connectivity index (χ0) is 19.3. The zero-order valence-corrected chi connectivity index (χ0v) is 16.8. The van der Waals surface area contributed by atoms with Crippen molar-refractivity contribution >= 4 is 10.8 Å². The largest absolute Gasteiger partial charge is 0.255 e. The number of nitrogens with zero attached hydrogens (tertiary/aromatic N) is 1. The van der Waals surface area contributed by atoms with Crippen LogP contribution in [0, 0.1) is 6.92 Å². The average Bonchev–Trinajstić information content (AvgIpc) is 3.04. The molecule has 5 rings (SSSR count). The van der Waals surface area contributed by atoms with Crippen LogP contribution in [0.1, 0.15) is 43.4 Å². The summed E-state index contributed by atoms with van der Waals surface area (Å²) in [7, 11) is 0. The van der Waals surface area contributed by atoms with Crippen molar-refractivity contribution in [2.45, 2.75) is 39.0 Å². The first-order chi connectivity index (χ1) is 13.7. The van der Waals surface area contributed by atoms with Crippen molar-refractivity contribution in [1.29, 1.82) is 0 Å². The summed E-state index contributed by atoms with van der Waals surface area (Å²) in [6.45, 7) is 6.84. The van der Waals surface area contributed by atoms with Gasteiger partial charge in [0.2, 0.25) is 0 Å². The number of hydrogen-bond acceptors (Lipinski definition) is 1. The van der Waals surface area contributed by atoms with Crippen LogP contribution in [0.4, 0.5) is 0 Å². The van der Waals surface area contributed by atoms with Crippen LogP contribution in [-0.4, -0.2) is 4.98 Å². The zero-order valence-electron chi connectivity index (χ0n) is 16.8. The van der Waals surface area contributed by atoms with Gasteiger partial charge in [-0.3, -0.25) is 4.98 Å². The van der Waals surface area contributed by atoms with E-state index in [-0.39, 0.29) is 5.41 Å². The highest BCUT2D eigenvalue weighted by Gasteiger charge is 2.40. The summed E-state index contributed by atoms with van der Waals surface area (Å²) < 4.78 is 0. The van der Waals surface area contributed by atoms with Crippen LogP contribution in [0.25, 0.3) is 33.2 Å². The first-order valence-electron chi connectivity index (χ1n) is 10.3. The predicted octanol–water partition coefficient (Wildman–Crippen LogP) is 7.30. The molecule has 0 radical (unpaired) electrons. The molecule has 0 bridgehead atoms. The van der Waals surface area contributed by atoms with Crippen LogP contribution in [0.15, 0.2) is 72.9 Å². The van der Waals surface area contributed by atoms with E-state index >= 15 is 0 Å². The van der Waals surface area contributed by atoms with Crippen molar-refractivity contribution in [3.8, 4) is 22.4 Å². The van der Waals surface area contributed by atoms with Crippen LogP contribution in [0.3, 0.4) is 0 Å². The summed E-state index contributed by atoms with van der Waals surface area (Å²) in [6, 6.07) is 24.4. The summed E-state index contributed by atoms with van der Waals surface area (Å²) in [5, 5.41) is 2.49. The summed E-state index contributed by atoms with van der Waals surface area (Å²) in [5.41, 5.74) is 9.41. The van der Waals surface area contributed by atoms with E-state index in [1.165, 1.54) is 44.2 Å². The predicted molar refractivity (Wildman–Crippen MR) is 119 cm³/mol. The molecule has 1 nitrogen and oxygen atoms in total. The Morgan fingerprint density at radius 2 is 1.50 bits per heavy atom. The van der Waals surface area contributed by atoms with Crippen molar-refractivity contribution in [2.24, 2.45) is 0 Å². The van der Waals surface area contributed by atoms with Gasteiger partial charge in [-0.25, -0.2) is 0 Å². The Hall–Kier alpha value is -2.93. The fraction of sp³-hybridized carbons (Fsp3) is 0.222. The molecule has 0 saturated heterocycles. The van der Waals surface area contributed by atoms with Gasteiger partial charge in [0.25, 0.3) is 0 Å². The lowest BCUT2D eigenvalue weighted by atomic mass is 9.73. The molecular weight excluding hydrogens is 338 g/mol. The normalized spacial score (nSPS) is 14.1. The lowest BCUT2D eigenvalue weighted by Gasteiger charge is -2.30. The molecule has 1 heterocycles. The van der Waals surface area contributed by atoms with Crippen LogP contribution >= 0.6 is 0 Å². The molecule has 0 fully saturated rings. The van der Waals surface area contributed by atoms with Gasteiger partial charge >= 0.3 is 0 Å². The fourth-order valence-electron chi connectivity index (χ4n) is 5.22. The number of aromatic nitrogens is 1. The third-order valence-corrected chi connectivity index (χ3v) is 6.80. The van der Waals surface area contributed by atoms with Gasteiger partial charge in [-0.05, 0) is 59.0 Å². The number of rotatable bonds is 3. The van der Waals surface area contributed by atoms with E-state index in [4.69, 9.17) is 4.98 Å². The Balaban J connectivity index is 1.75. The van der Waals surface area contributed by atoms with Gasteiger partial charge in [-0.1, -0.05) is 74.5 Å². The third-order valence-electron chi connectivity index (χ3n) is 6.80. The Labute approximate surface area is 167 Å². The van der Waals surface area contributed by atoms with Crippen molar-refractivity contribution < 1.29 is 0 Å². The highest BCUT2D eigenvalue weighted by Crippen LogP contribution is 2.53. The molecule has 1 aliphatic carbocycles.